The number of thioether (sulfide) groups is 1. The van der Waals surface area contributed by atoms with Crippen molar-refractivity contribution in [2.75, 3.05) is 19.1 Å². The zero-order valence-corrected chi connectivity index (χ0v) is 17.3. The van der Waals surface area contributed by atoms with E-state index >= 15 is 0 Å². The van der Waals surface area contributed by atoms with Gasteiger partial charge in [-0.2, -0.15) is 16.9 Å². The third-order valence-electron chi connectivity index (χ3n) is 4.14. The molecular formula is C20H21N3O3S2. The molecular weight excluding hydrogens is 394 g/mol. The molecule has 0 bridgehead atoms. The number of aromatic nitrogens is 2. The molecule has 3 aromatic rings. The van der Waals surface area contributed by atoms with Crippen LogP contribution in [0.4, 0.5) is 0 Å². The lowest BCUT2D eigenvalue weighted by Gasteiger charge is -2.15. The average molecular weight is 416 g/mol. The van der Waals surface area contributed by atoms with Gasteiger partial charge >= 0.3 is 5.97 Å². The molecule has 28 heavy (non-hydrogen) atoms. The van der Waals surface area contributed by atoms with E-state index in [9.17, 15) is 9.59 Å². The largest absolute Gasteiger partial charge is 0.467 e. The van der Waals surface area contributed by atoms with Gasteiger partial charge in [0.15, 0.2) is 0 Å². The highest BCUT2D eigenvalue weighted by Crippen LogP contribution is 2.28. The molecule has 0 saturated carbocycles. The Morgan fingerprint density at radius 2 is 2.04 bits per heavy atom. The van der Waals surface area contributed by atoms with Crippen molar-refractivity contribution in [3.05, 3.63) is 59.6 Å². The van der Waals surface area contributed by atoms with E-state index < -0.39 is 12.0 Å². The van der Waals surface area contributed by atoms with Crippen molar-refractivity contribution in [2.45, 2.75) is 12.5 Å². The van der Waals surface area contributed by atoms with E-state index in [-0.39, 0.29) is 5.91 Å². The fourth-order valence-electron chi connectivity index (χ4n) is 2.71. The molecule has 2 heterocycles. The summed E-state index contributed by atoms with van der Waals surface area (Å²) in [7, 11) is 1.32. The van der Waals surface area contributed by atoms with Gasteiger partial charge in [-0.1, -0.05) is 24.3 Å². The monoisotopic (exact) mass is 415 g/mol. The summed E-state index contributed by atoms with van der Waals surface area (Å²) in [6, 6.07) is 12.7. The fraction of sp³-hybridized carbons (Fsp3) is 0.250. The number of para-hydroxylation sites is 1. The van der Waals surface area contributed by atoms with Crippen LogP contribution < -0.4 is 5.32 Å². The minimum Gasteiger partial charge on any atom is -0.467 e. The first kappa shape index (κ1) is 20.2. The molecule has 0 spiro atoms. The lowest BCUT2D eigenvalue weighted by atomic mass is 10.1. The van der Waals surface area contributed by atoms with Crippen LogP contribution in [0.2, 0.25) is 0 Å². The Morgan fingerprint density at radius 3 is 2.68 bits per heavy atom. The molecule has 0 aliphatic carbocycles. The third kappa shape index (κ3) is 4.63. The zero-order chi connectivity index (χ0) is 19.9. The predicted molar refractivity (Wildman–Crippen MR) is 113 cm³/mol. The summed E-state index contributed by atoms with van der Waals surface area (Å²) in [6.45, 7) is 0. The minimum atomic E-state index is -0.693. The van der Waals surface area contributed by atoms with Gasteiger partial charge in [-0.3, -0.25) is 4.79 Å². The van der Waals surface area contributed by atoms with Gasteiger partial charge in [0.1, 0.15) is 11.7 Å². The average Bonchev–Trinajstić information content (AvgIpc) is 3.40. The molecule has 6 nitrogen and oxygen atoms in total. The maximum atomic E-state index is 13.0. The number of hydrogen-bond acceptors (Lipinski definition) is 6. The SMILES string of the molecule is COC(=O)[C@H](CCSC)NC(=O)c1cn(-c2ccccc2)nc1-c1cccs1. The number of rotatable bonds is 8. The summed E-state index contributed by atoms with van der Waals surface area (Å²) >= 11 is 3.12. The van der Waals surface area contributed by atoms with E-state index in [4.69, 9.17) is 4.74 Å². The maximum Gasteiger partial charge on any atom is 0.328 e. The molecule has 0 fully saturated rings. The van der Waals surface area contributed by atoms with Crippen molar-refractivity contribution >= 4 is 35.0 Å². The van der Waals surface area contributed by atoms with Gasteiger partial charge in [-0.05, 0) is 42.0 Å². The van der Waals surface area contributed by atoms with Crippen LogP contribution in [-0.2, 0) is 9.53 Å². The summed E-state index contributed by atoms with van der Waals surface area (Å²) in [5.41, 5.74) is 1.86. The first-order valence-electron chi connectivity index (χ1n) is 8.70. The molecule has 1 atom stereocenters. The molecule has 2 aromatic heterocycles. The van der Waals surface area contributed by atoms with Crippen LogP contribution in [0.25, 0.3) is 16.3 Å². The number of ether oxygens (including phenoxy) is 1. The number of carbonyl (C=O) groups is 2. The number of methoxy groups -OCH3 is 1. The van der Waals surface area contributed by atoms with Crippen LogP contribution in [0.5, 0.6) is 0 Å². The standard InChI is InChI=1S/C20H21N3O3S2/c1-26-20(25)16(10-12-27-2)21-19(24)15-13-23(14-7-4-3-5-8-14)22-18(15)17-9-6-11-28-17/h3-9,11,13,16H,10,12H2,1-2H3,(H,21,24)/t16-/m0/s1. The number of thiophene rings is 1. The molecule has 0 unspecified atom stereocenters. The van der Waals surface area contributed by atoms with Crippen molar-refractivity contribution in [1.82, 2.24) is 15.1 Å². The van der Waals surface area contributed by atoms with Crippen molar-refractivity contribution < 1.29 is 14.3 Å². The Hall–Kier alpha value is -2.58. The van der Waals surface area contributed by atoms with Crippen LogP contribution in [0, 0.1) is 0 Å². The Balaban J connectivity index is 1.93. The molecule has 0 radical (unpaired) electrons. The Morgan fingerprint density at radius 1 is 1.25 bits per heavy atom. The summed E-state index contributed by atoms with van der Waals surface area (Å²) in [5.74, 6) is -0.0567. The Kier molecular flexibility index (Phi) is 6.89. The van der Waals surface area contributed by atoms with Crippen LogP contribution >= 0.6 is 23.1 Å². The number of amides is 1. The second kappa shape index (κ2) is 9.57. The number of hydrogen-bond donors (Lipinski definition) is 1. The minimum absolute atomic E-state index is 0.345. The van der Waals surface area contributed by atoms with Gasteiger partial charge in [0.05, 0.1) is 23.2 Å². The van der Waals surface area contributed by atoms with Crippen molar-refractivity contribution in [1.29, 1.82) is 0 Å². The maximum absolute atomic E-state index is 13.0. The fourth-order valence-corrected chi connectivity index (χ4v) is 3.91. The zero-order valence-electron chi connectivity index (χ0n) is 15.6. The van der Waals surface area contributed by atoms with Crippen molar-refractivity contribution in [2.24, 2.45) is 0 Å². The van der Waals surface area contributed by atoms with Crippen LogP contribution in [-0.4, -0.2) is 46.8 Å². The predicted octanol–water partition coefficient (Wildman–Crippen LogP) is 3.63. The van der Waals surface area contributed by atoms with Gasteiger partial charge in [-0.25, -0.2) is 9.48 Å². The number of esters is 1. The molecule has 1 aromatic carbocycles. The van der Waals surface area contributed by atoms with Gasteiger partial charge in [0.2, 0.25) is 0 Å². The quantitative estimate of drug-likeness (QED) is 0.569. The van der Waals surface area contributed by atoms with Gasteiger partial charge < -0.3 is 10.1 Å². The highest BCUT2D eigenvalue weighted by atomic mass is 32.2. The van der Waals surface area contributed by atoms with E-state index in [2.05, 4.69) is 10.4 Å². The van der Waals surface area contributed by atoms with Crippen molar-refractivity contribution in [3.63, 3.8) is 0 Å². The van der Waals surface area contributed by atoms with Gasteiger partial charge in [-0.15, -0.1) is 11.3 Å². The molecule has 3 rings (SSSR count). The topological polar surface area (TPSA) is 73.2 Å². The van der Waals surface area contributed by atoms with Crippen LogP contribution in [0.3, 0.4) is 0 Å². The molecule has 0 aliphatic rings. The van der Waals surface area contributed by atoms with Crippen LogP contribution in [0.15, 0.2) is 54.0 Å². The van der Waals surface area contributed by atoms with Crippen LogP contribution in [0.1, 0.15) is 16.8 Å². The van der Waals surface area contributed by atoms with Gasteiger partial charge in [0, 0.05) is 6.20 Å². The second-order valence-corrected chi connectivity index (χ2v) is 7.91. The van der Waals surface area contributed by atoms with E-state index in [1.165, 1.54) is 18.4 Å². The van der Waals surface area contributed by atoms with E-state index in [1.54, 1.807) is 22.6 Å². The van der Waals surface area contributed by atoms with E-state index in [1.807, 2.05) is 54.1 Å². The summed E-state index contributed by atoms with van der Waals surface area (Å²) in [6.07, 6.45) is 4.15. The highest BCUT2D eigenvalue weighted by Gasteiger charge is 2.25. The molecule has 0 aliphatic heterocycles. The van der Waals surface area contributed by atoms with Gasteiger partial charge in [0.25, 0.3) is 5.91 Å². The molecule has 1 amide bonds. The normalized spacial score (nSPS) is 11.8. The Labute approximate surface area is 171 Å². The highest BCUT2D eigenvalue weighted by molar-refractivity contribution is 7.98. The van der Waals surface area contributed by atoms with E-state index in [0.29, 0.717) is 17.7 Å². The Bertz CT molecular complexity index is 924. The second-order valence-electron chi connectivity index (χ2n) is 5.98. The number of nitrogens with zero attached hydrogens (tertiary/aromatic N) is 2. The summed E-state index contributed by atoms with van der Waals surface area (Å²) in [5, 5.41) is 9.37. The molecule has 146 valence electrons. The summed E-state index contributed by atoms with van der Waals surface area (Å²) < 4.78 is 6.52. The lowest BCUT2D eigenvalue weighted by molar-refractivity contribution is -0.142. The molecule has 1 N–H and O–H groups in total. The molecule has 0 saturated heterocycles. The molecule has 8 heteroatoms. The summed E-state index contributed by atoms with van der Waals surface area (Å²) in [4.78, 5) is 26.0. The number of nitrogens with one attached hydrogen (secondary N) is 1. The lowest BCUT2D eigenvalue weighted by Crippen LogP contribution is -2.42. The number of benzene rings is 1. The van der Waals surface area contributed by atoms with E-state index in [0.717, 1.165) is 16.3 Å². The number of carbonyl (C=O) groups excluding carboxylic acids is 2. The first-order valence-corrected chi connectivity index (χ1v) is 11.0. The third-order valence-corrected chi connectivity index (χ3v) is 5.66. The van der Waals surface area contributed by atoms with Crippen molar-refractivity contribution in [3.8, 4) is 16.3 Å². The smallest absolute Gasteiger partial charge is 0.328 e. The first-order chi connectivity index (χ1) is 13.6.